The first-order valence-electron chi connectivity index (χ1n) is 6.71. The molecule has 0 atom stereocenters. The fraction of sp³-hybridized carbons (Fsp3) is 0.312. The summed E-state index contributed by atoms with van der Waals surface area (Å²) >= 11 is 5.79. The first kappa shape index (κ1) is 14.1. The molecular weight excluding hydrogens is 291 g/mol. The number of carbonyl (C=O) groups is 1. The molecule has 1 aliphatic carbocycles. The molecule has 0 aliphatic heterocycles. The summed E-state index contributed by atoms with van der Waals surface area (Å²) in [5.41, 5.74) is 1.34. The number of hydrogen-bond donors (Lipinski definition) is 0. The maximum Gasteiger partial charge on any atom is 0.166 e. The average molecular weight is 305 g/mol. The van der Waals surface area contributed by atoms with Crippen LogP contribution in [-0.4, -0.2) is 15.8 Å². The Morgan fingerprint density at radius 3 is 2.76 bits per heavy atom. The van der Waals surface area contributed by atoms with E-state index in [2.05, 4.69) is 9.97 Å². The molecule has 5 heteroatoms. The number of halogens is 2. The molecule has 1 aromatic heterocycles. The lowest BCUT2D eigenvalue weighted by atomic mass is 9.76. The molecule has 0 N–H and O–H groups in total. The summed E-state index contributed by atoms with van der Waals surface area (Å²) < 4.78 is 14.1. The molecule has 0 radical (unpaired) electrons. The molecule has 0 saturated carbocycles. The quantitative estimate of drug-likeness (QED) is 0.797. The topological polar surface area (TPSA) is 42.9 Å². The summed E-state index contributed by atoms with van der Waals surface area (Å²) in [5, 5.41) is 0.0326. The van der Waals surface area contributed by atoms with Crippen molar-refractivity contribution in [1.29, 1.82) is 0 Å². The van der Waals surface area contributed by atoms with E-state index in [-0.39, 0.29) is 27.6 Å². The number of nitrogens with zero attached hydrogens (tertiary/aromatic N) is 2. The third kappa shape index (κ3) is 2.56. The van der Waals surface area contributed by atoms with E-state index in [1.165, 1.54) is 12.3 Å². The molecule has 0 saturated heterocycles. The van der Waals surface area contributed by atoms with Gasteiger partial charge < -0.3 is 0 Å². The predicted octanol–water partition coefficient (Wildman–Crippen LogP) is 4.09. The van der Waals surface area contributed by atoms with Gasteiger partial charge in [0.1, 0.15) is 0 Å². The van der Waals surface area contributed by atoms with E-state index in [4.69, 9.17) is 11.6 Å². The van der Waals surface area contributed by atoms with Crippen molar-refractivity contribution in [3.8, 4) is 11.4 Å². The number of Topliss-reactive ketones (excluding diaryl/α,β-unsaturated/α-hetero) is 1. The summed E-state index contributed by atoms with van der Waals surface area (Å²) in [7, 11) is 0. The summed E-state index contributed by atoms with van der Waals surface area (Å²) in [6, 6.07) is 4.71. The molecule has 1 heterocycles. The van der Waals surface area contributed by atoms with Gasteiger partial charge in [-0.05, 0) is 24.0 Å². The summed E-state index contributed by atoms with van der Waals surface area (Å²) in [4.78, 5) is 20.6. The SMILES string of the molecule is CC1(C)CC(=O)c2cnc(-c3cccc(Cl)c3F)nc2C1. The van der Waals surface area contributed by atoms with Crippen LogP contribution in [0.5, 0.6) is 0 Å². The zero-order valence-corrected chi connectivity index (χ0v) is 12.5. The maximum atomic E-state index is 14.1. The van der Waals surface area contributed by atoms with E-state index >= 15 is 0 Å². The highest BCUT2D eigenvalue weighted by Crippen LogP contribution is 2.34. The van der Waals surface area contributed by atoms with E-state index < -0.39 is 5.82 Å². The third-order valence-corrected chi connectivity index (χ3v) is 3.94. The highest BCUT2D eigenvalue weighted by atomic mass is 35.5. The average Bonchev–Trinajstić information content (AvgIpc) is 2.40. The second-order valence-corrected chi connectivity index (χ2v) is 6.50. The first-order valence-corrected chi connectivity index (χ1v) is 7.09. The molecule has 0 spiro atoms. The Bertz CT molecular complexity index is 743. The molecule has 1 aromatic carbocycles. The van der Waals surface area contributed by atoms with Gasteiger partial charge in [-0.15, -0.1) is 0 Å². The Morgan fingerprint density at radius 2 is 2.00 bits per heavy atom. The smallest absolute Gasteiger partial charge is 0.166 e. The van der Waals surface area contributed by atoms with Gasteiger partial charge in [-0.25, -0.2) is 14.4 Å². The highest BCUT2D eigenvalue weighted by Gasteiger charge is 2.32. The molecule has 2 aromatic rings. The molecule has 3 rings (SSSR count). The molecule has 3 nitrogen and oxygen atoms in total. The van der Waals surface area contributed by atoms with Gasteiger partial charge >= 0.3 is 0 Å². The minimum absolute atomic E-state index is 0.0326. The van der Waals surface area contributed by atoms with Crippen LogP contribution < -0.4 is 0 Å². The van der Waals surface area contributed by atoms with E-state index in [1.54, 1.807) is 12.1 Å². The van der Waals surface area contributed by atoms with Crippen molar-refractivity contribution in [3.05, 3.63) is 46.5 Å². The van der Waals surface area contributed by atoms with Crippen molar-refractivity contribution in [3.63, 3.8) is 0 Å². The molecule has 1 aliphatic rings. The number of aromatic nitrogens is 2. The molecular formula is C16H14ClFN2O. The largest absolute Gasteiger partial charge is 0.294 e. The Balaban J connectivity index is 2.12. The van der Waals surface area contributed by atoms with Crippen LogP contribution in [0, 0.1) is 11.2 Å². The van der Waals surface area contributed by atoms with Gasteiger partial charge in [0, 0.05) is 12.6 Å². The predicted molar refractivity (Wildman–Crippen MR) is 78.9 cm³/mol. The number of carbonyl (C=O) groups excluding carboxylic acids is 1. The molecule has 0 unspecified atom stereocenters. The number of ketones is 1. The van der Waals surface area contributed by atoms with E-state index in [1.807, 2.05) is 13.8 Å². The Kier molecular flexibility index (Phi) is 3.29. The van der Waals surface area contributed by atoms with E-state index in [9.17, 15) is 9.18 Å². The second kappa shape index (κ2) is 4.88. The van der Waals surface area contributed by atoms with Gasteiger partial charge in [0.05, 0.1) is 21.8 Å². The lowest BCUT2D eigenvalue weighted by Crippen LogP contribution is -2.28. The van der Waals surface area contributed by atoms with Crippen molar-refractivity contribution in [2.45, 2.75) is 26.7 Å². The minimum atomic E-state index is -0.541. The van der Waals surface area contributed by atoms with Gasteiger partial charge in [0.2, 0.25) is 0 Å². The standard InChI is InChI=1S/C16H14ClFN2O/c1-16(2)6-12-10(13(21)7-16)8-19-15(20-12)9-4-3-5-11(17)14(9)18/h3-5,8H,6-7H2,1-2H3. The van der Waals surface area contributed by atoms with Crippen LogP contribution in [0.3, 0.4) is 0 Å². The van der Waals surface area contributed by atoms with Crippen LogP contribution in [-0.2, 0) is 6.42 Å². The molecule has 0 bridgehead atoms. The van der Waals surface area contributed by atoms with Crippen LogP contribution in [0.1, 0.15) is 36.3 Å². The van der Waals surface area contributed by atoms with Crippen LogP contribution in [0.2, 0.25) is 5.02 Å². The van der Waals surface area contributed by atoms with Crippen LogP contribution in [0.4, 0.5) is 4.39 Å². The third-order valence-electron chi connectivity index (χ3n) is 3.65. The zero-order chi connectivity index (χ0) is 15.2. The second-order valence-electron chi connectivity index (χ2n) is 6.10. The number of rotatable bonds is 1. The Morgan fingerprint density at radius 1 is 1.24 bits per heavy atom. The van der Waals surface area contributed by atoms with Crippen molar-refractivity contribution in [2.24, 2.45) is 5.41 Å². The Labute approximate surface area is 127 Å². The highest BCUT2D eigenvalue weighted by molar-refractivity contribution is 6.31. The number of fused-ring (bicyclic) bond motifs is 1. The van der Waals surface area contributed by atoms with Crippen LogP contribution in [0.25, 0.3) is 11.4 Å². The summed E-state index contributed by atoms with van der Waals surface area (Å²) in [5.74, 6) is -0.237. The van der Waals surface area contributed by atoms with Crippen molar-refractivity contribution in [1.82, 2.24) is 9.97 Å². The van der Waals surface area contributed by atoms with Gasteiger partial charge in [-0.3, -0.25) is 4.79 Å². The molecule has 0 amide bonds. The lowest BCUT2D eigenvalue weighted by molar-refractivity contribution is 0.0910. The van der Waals surface area contributed by atoms with E-state index in [0.29, 0.717) is 24.1 Å². The van der Waals surface area contributed by atoms with Crippen LogP contribution >= 0.6 is 11.6 Å². The van der Waals surface area contributed by atoms with Crippen molar-refractivity contribution < 1.29 is 9.18 Å². The van der Waals surface area contributed by atoms with Gasteiger partial charge in [0.25, 0.3) is 0 Å². The number of hydrogen-bond acceptors (Lipinski definition) is 3. The number of benzene rings is 1. The normalized spacial score (nSPS) is 16.7. The lowest BCUT2D eigenvalue weighted by Gasteiger charge is -2.29. The van der Waals surface area contributed by atoms with E-state index in [0.717, 1.165) is 0 Å². The van der Waals surface area contributed by atoms with Crippen LogP contribution in [0.15, 0.2) is 24.4 Å². The summed E-state index contributed by atoms with van der Waals surface area (Å²) in [6.07, 6.45) is 2.65. The van der Waals surface area contributed by atoms with Crippen molar-refractivity contribution in [2.75, 3.05) is 0 Å². The molecule has 108 valence electrons. The molecule has 0 fully saturated rings. The maximum absolute atomic E-state index is 14.1. The Hall–Kier alpha value is -1.81. The van der Waals surface area contributed by atoms with Gasteiger partial charge in [0.15, 0.2) is 17.4 Å². The minimum Gasteiger partial charge on any atom is -0.294 e. The molecule has 21 heavy (non-hydrogen) atoms. The van der Waals surface area contributed by atoms with Gasteiger partial charge in [-0.2, -0.15) is 0 Å². The van der Waals surface area contributed by atoms with Crippen molar-refractivity contribution >= 4 is 17.4 Å². The summed E-state index contributed by atoms with van der Waals surface area (Å²) in [6.45, 7) is 4.05. The first-order chi connectivity index (χ1) is 9.87. The van der Waals surface area contributed by atoms with Gasteiger partial charge in [-0.1, -0.05) is 31.5 Å². The fourth-order valence-corrected chi connectivity index (χ4v) is 2.81. The monoisotopic (exact) mass is 304 g/mol. The fourth-order valence-electron chi connectivity index (χ4n) is 2.64. The zero-order valence-electron chi connectivity index (χ0n) is 11.8.